The summed E-state index contributed by atoms with van der Waals surface area (Å²) < 4.78 is 21.9. The number of nitrogens with zero attached hydrogens (tertiary/aromatic N) is 1. The first kappa shape index (κ1) is 15.2. The van der Waals surface area contributed by atoms with E-state index in [2.05, 4.69) is 10.3 Å². The molecule has 0 aromatic carbocycles. The average Bonchev–Trinajstić information content (AvgIpc) is 1.95. The van der Waals surface area contributed by atoms with E-state index in [1.165, 1.54) is 6.26 Å². The van der Waals surface area contributed by atoms with E-state index in [4.69, 9.17) is 5.73 Å². The lowest BCUT2D eigenvalue weighted by molar-refractivity contribution is 0.506. The Morgan fingerprint density at radius 1 is 1.25 bits per heavy atom. The minimum absolute atomic E-state index is 0.154. The Morgan fingerprint density at radius 3 is 2.00 bits per heavy atom. The van der Waals surface area contributed by atoms with Gasteiger partial charge in [-0.2, -0.15) is 0 Å². The lowest BCUT2D eigenvalue weighted by Gasteiger charge is -2.23. The van der Waals surface area contributed by atoms with E-state index in [9.17, 15) is 8.42 Å². The molecule has 6 heteroatoms. The van der Waals surface area contributed by atoms with Crippen molar-refractivity contribution in [3.63, 3.8) is 0 Å². The van der Waals surface area contributed by atoms with Crippen LogP contribution in [0.2, 0.25) is 0 Å². The topological polar surface area (TPSA) is 84.5 Å². The van der Waals surface area contributed by atoms with Gasteiger partial charge in [-0.15, -0.1) is 0 Å². The van der Waals surface area contributed by atoms with Gasteiger partial charge >= 0.3 is 0 Å². The van der Waals surface area contributed by atoms with Gasteiger partial charge in [0.05, 0.1) is 11.3 Å². The van der Waals surface area contributed by atoms with Crippen LogP contribution in [0.15, 0.2) is 4.99 Å². The Kier molecular flexibility index (Phi) is 4.38. The third-order valence-electron chi connectivity index (χ3n) is 2.14. The number of rotatable bonds is 3. The fourth-order valence-corrected chi connectivity index (χ4v) is 1.12. The number of sulfone groups is 1. The van der Waals surface area contributed by atoms with Gasteiger partial charge in [-0.3, -0.25) is 4.99 Å². The predicted octanol–water partition coefficient (Wildman–Crippen LogP) is 0.512. The number of hydrogen-bond donors (Lipinski definition) is 2. The highest BCUT2D eigenvalue weighted by atomic mass is 32.2. The van der Waals surface area contributed by atoms with E-state index in [1.807, 2.05) is 20.8 Å². The fourth-order valence-electron chi connectivity index (χ4n) is 0.817. The lowest BCUT2D eigenvalue weighted by atomic mass is 10.1. The average molecular weight is 249 g/mol. The lowest BCUT2D eigenvalue weighted by Crippen LogP contribution is -2.46. The molecule has 96 valence electrons. The molecule has 0 spiro atoms. The van der Waals surface area contributed by atoms with Gasteiger partial charge in [0.25, 0.3) is 0 Å². The Morgan fingerprint density at radius 2 is 1.69 bits per heavy atom. The van der Waals surface area contributed by atoms with Crippen LogP contribution >= 0.6 is 0 Å². The molecule has 0 aromatic heterocycles. The normalized spacial score (nSPS) is 15.0. The number of guanidine groups is 1. The van der Waals surface area contributed by atoms with Crippen LogP contribution in [0.5, 0.6) is 0 Å². The third-order valence-corrected chi connectivity index (χ3v) is 4.27. The molecule has 0 saturated heterocycles. The van der Waals surface area contributed by atoms with Crippen LogP contribution in [-0.2, 0) is 9.84 Å². The zero-order valence-corrected chi connectivity index (χ0v) is 11.8. The largest absolute Gasteiger partial charge is 0.370 e. The molecule has 0 saturated carbocycles. The Labute approximate surface area is 98.4 Å². The van der Waals surface area contributed by atoms with E-state index in [-0.39, 0.29) is 18.0 Å². The van der Waals surface area contributed by atoms with Crippen molar-refractivity contribution in [1.82, 2.24) is 5.32 Å². The molecule has 0 heterocycles. The number of aliphatic imine (C=N–C) groups is 1. The summed E-state index contributed by atoms with van der Waals surface area (Å²) in [4.78, 5) is 4.05. The zero-order chi connectivity index (χ0) is 13.2. The molecule has 0 rings (SSSR count). The smallest absolute Gasteiger partial charge is 0.189 e. The fraction of sp³-hybridized carbons (Fsp3) is 0.900. The van der Waals surface area contributed by atoms with E-state index in [1.54, 1.807) is 13.8 Å². The quantitative estimate of drug-likeness (QED) is 0.564. The molecule has 0 fully saturated rings. The summed E-state index contributed by atoms with van der Waals surface area (Å²) >= 11 is 0. The van der Waals surface area contributed by atoms with Crippen molar-refractivity contribution in [3.8, 4) is 0 Å². The van der Waals surface area contributed by atoms with Crippen molar-refractivity contribution in [3.05, 3.63) is 0 Å². The van der Waals surface area contributed by atoms with E-state index in [0.717, 1.165) is 0 Å². The second-order valence-corrected chi connectivity index (χ2v) is 8.26. The van der Waals surface area contributed by atoms with Gasteiger partial charge in [-0.05, 0) is 34.6 Å². The van der Waals surface area contributed by atoms with Crippen LogP contribution in [0.25, 0.3) is 0 Å². The van der Waals surface area contributed by atoms with Crippen molar-refractivity contribution in [2.24, 2.45) is 10.7 Å². The first-order valence-corrected chi connectivity index (χ1v) is 7.02. The second-order valence-electron chi connectivity index (χ2n) is 5.61. The van der Waals surface area contributed by atoms with Crippen molar-refractivity contribution in [2.75, 3.05) is 12.8 Å². The molecular weight excluding hydrogens is 226 g/mol. The van der Waals surface area contributed by atoms with Gasteiger partial charge in [0.2, 0.25) is 0 Å². The zero-order valence-electron chi connectivity index (χ0n) is 11.0. The molecule has 5 nitrogen and oxygen atoms in total. The first-order chi connectivity index (χ1) is 6.85. The minimum Gasteiger partial charge on any atom is -0.370 e. The SMILES string of the molecule is CC(C)(C)NC(N)=NCC(C)(C)S(C)(=O)=O. The minimum atomic E-state index is -3.13. The summed E-state index contributed by atoms with van der Waals surface area (Å²) in [6.07, 6.45) is 1.20. The standard InChI is InChI=1S/C10H23N3O2S/c1-9(2,3)13-8(11)12-7-10(4,5)16(6,14)15/h7H2,1-6H3,(H3,11,12,13). The van der Waals surface area contributed by atoms with Gasteiger partial charge in [0, 0.05) is 11.8 Å². The highest BCUT2D eigenvalue weighted by Gasteiger charge is 2.29. The van der Waals surface area contributed by atoms with Crippen LogP contribution in [0.3, 0.4) is 0 Å². The molecule has 0 amide bonds. The molecular formula is C10H23N3O2S. The number of nitrogens with one attached hydrogen (secondary N) is 1. The maximum absolute atomic E-state index is 11.4. The molecule has 0 aromatic rings. The molecule has 0 aliphatic rings. The summed E-state index contributed by atoms with van der Waals surface area (Å²) in [5, 5.41) is 2.98. The molecule has 0 radical (unpaired) electrons. The van der Waals surface area contributed by atoms with E-state index >= 15 is 0 Å². The van der Waals surface area contributed by atoms with Gasteiger partial charge < -0.3 is 11.1 Å². The van der Waals surface area contributed by atoms with Crippen molar-refractivity contribution in [1.29, 1.82) is 0 Å². The molecule has 16 heavy (non-hydrogen) atoms. The van der Waals surface area contributed by atoms with Gasteiger partial charge in [0.1, 0.15) is 0 Å². The van der Waals surface area contributed by atoms with Crippen LogP contribution in [0, 0.1) is 0 Å². The first-order valence-electron chi connectivity index (χ1n) is 5.13. The van der Waals surface area contributed by atoms with Crippen LogP contribution in [-0.4, -0.2) is 37.5 Å². The van der Waals surface area contributed by atoms with Gasteiger partial charge in [-0.1, -0.05) is 0 Å². The van der Waals surface area contributed by atoms with Crippen molar-refractivity contribution < 1.29 is 8.42 Å². The molecule has 0 unspecified atom stereocenters. The molecule has 0 atom stereocenters. The summed E-state index contributed by atoms with van der Waals surface area (Å²) in [5.41, 5.74) is 5.48. The van der Waals surface area contributed by atoms with E-state index in [0.29, 0.717) is 0 Å². The third kappa shape index (κ3) is 5.34. The molecule has 0 aliphatic heterocycles. The number of hydrogen-bond acceptors (Lipinski definition) is 3. The van der Waals surface area contributed by atoms with Gasteiger partial charge in [-0.25, -0.2) is 8.42 Å². The monoisotopic (exact) mass is 249 g/mol. The highest BCUT2D eigenvalue weighted by molar-refractivity contribution is 7.92. The van der Waals surface area contributed by atoms with E-state index < -0.39 is 14.6 Å². The van der Waals surface area contributed by atoms with Crippen molar-refractivity contribution >= 4 is 15.8 Å². The Balaban J connectivity index is 4.62. The Bertz CT molecular complexity index is 364. The summed E-state index contributed by atoms with van der Waals surface area (Å²) in [7, 11) is -3.13. The van der Waals surface area contributed by atoms with Crippen LogP contribution < -0.4 is 11.1 Å². The molecule has 0 bridgehead atoms. The maximum Gasteiger partial charge on any atom is 0.189 e. The highest BCUT2D eigenvalue weighted by Crippen LogP contribution is 2.15. The van der Waals surface area contributed by atoms with Gasteiger partial charge in [0.15, 0.2) is 15.8 Å². The predicted molar refractivity (Wildman–Crippen MR) is 68.3 cm³/mol. The summed E-state index contributed by atoms with van der Waals surface area (Å²) in [5.74, 6) is 0.268. The summed E-state index contributed by atoms with van der Waals surface area (Å²) in [6.45, 7) is 9.29. The molecule has 3 N–H and O–H groups in total. The van der Waals surface area contributed by atoms with Crippen LogP contribution in [0.4, 0.5) is 0 Å². The molecule has 0 aliphatic carbocycles. The Hall–Kier alpha value is -0.780. The van der Waals surface area contributed by atoms with Crippen LogP contribution in [0.1, 0.15) is 34.6 Å². The number of nitrogens with two attached hydrogens (primary N) is 1. The second kappa shape index (κ2) is 4.61. The van der Waals surface area contributed by atoms with Crippen molar-refractivity contribution in [2.45, 2.75) is 44.9 Å². The maximum atomic E-state index is 11.4. The summed E-state index contributed by atoms with van der Waals surface area (Å²) in [6, 6.07) is 0.